The van der Waals surface area contributed by atoms with Gasteiger partial charge in [-0.1, -0.05) is 30.3 Å². The third kappa shape index (κ3) is 4.71. The summed E-state index contributed by atoms with van der Waals surface area (Å²) in [6.45, 7) is -0.319. The molecule has 8 heteroatoms. The van der Waals surface area contributed by atoms with Gasteiger partial charge in [0.25, 0.3) is 5.91 Å². The number of aromatic nitrogens is 3. The average Bonchev–Trinajstić information content (AvgIpc) is 3.38. The highest BCUT2D eigenvalue weighted by atomic mass is 19.1. The van der Waals surface area contributed by atoms with Gasteiger partial charge in [-0.05, 0) is 53.9 Å². The van der Waals surface area contributed by atoms with Crippen molar-refractivity contribution in [2.75, 3.05) is 6.61 Å². The van der Waals surface area contributed by atoms with Crippen molar-refractivity contribution in [3.63, 3.8) is 0 Å². The Morgan fingerprint density at radius 1 is 1.00 bits per heavy atom. The van der Waals surface area contributed by atoms with Crippen molar-refractivity contribution < 1.29 is 18.7 Å². The zero-order valence-corrected chi connectivity index (χ0v) is 19.1. The smallest absolute Gasteiger partial charge is 0.252 e. The minimum atomic E-state index is -0.636. The van der Waals surface area contributed by atoms with Crippen LogP contribution in [0.2, 0.25) is 0 Å². The van der Waals surface area contributed by atoms with Crippen LogP contribution in [0.3, 0.4) is 0 Å². The van der Waals surface area contributed by atoms with E-state index < -0.39 is 17.8 Å². The molecule has 0 bridgehead atoms. The summed E-state index contributed by atoms with van der Waals surface area (Å²) in [5.41, 5.74) is 2.31. The molecular weight excluding hydrogens is 462 g/mol. The third-order valence-corrected chi connectivity index (χ3v) is 6.00. The number of amides is 1. The summed E-state index contributed by atoms with van der Waals surface area (Å²) in [6.07, 6.45) is 1.99. The second-order valence-electron chi connectivity index (χ2n) is 8.37. The largest absolute Gasteiger partial charge is 0.394 e. The monoisotopic (exact) mass is 484 g/mol. The summed E-state index contributed by atoms with van der Waals surface area (Å²) < 4.78 is 28.2. The summed E-state index contributed by atoms with van der Waals surface area (Å²) in [7, 11) is 0. The van der Waals surface area contributed by atoms with E-state index >= 15 is 0 Å². The fourth-order valence-corrected chi connectivity index (χ4v) is 4.21. The number of nitrogens with zero attached hydrogens (tertiary/aromatic N) is 2. The molecule has 5 aromatic rings. The first kappa shape index (κ1) is 23.3. The van der Waals surface area contributed by atoms with Crippen molar-refractivity contribution in [2.24, 2.45) is 0 Å². The number of hydrogen-bond donors (Lipinski definition) is 3. The number of carbonyl (C=O) groups excluding carboxylic acids is 1. The van der Waals surface area contributed by atoms with Crippen molar-refractivity contribution in [3.05, 3.63) is 108 Å². The van der Waals surface area contributed by atoms with E-state index in [4.69, 9.17) is 0 Å². The number of rotatable bonds is 7. The Bertz CT molecular complexity index is 1530. The molecule has 0 saturated heterocycles. The highest BCUT2D eigenvalue weighted by Crippen LogP contribution is 2.29. The number of H-pyrrole nitrogens is 1. The van der Waals surface area contributed by atoms with Crippen molar-refractivity contribution in [3.8, 4) is 22.5 Å². The van der Waals surface area contributed by atoms with Crippen LogP contribution in [0.1, 0.15) is 16.1 Å². The van der Waals surface area contributed by atoms with E-state index in [9.17, 15) is 18.7 Å². The lowest BCUT2D eigenvalue weighted by Crippen LogP contribution is -2.39. The van der Waals surface area contributed by atoms with Crippen LogP contribution >= 0.6 is 0 Å². The summed E-state index contributed by atoms with van der Waals surface area (Å²) in [6, 6.07) is 20.6. The van der Waals surface area contributed by atoms with Crippen LogP contribution in [0.25, 0.3) is 33.3 Å². The van der Waals surface area contributed by atoms with Crippen molar-refractivity contribution >= 4 is 16.7 Å². The lowest BCUT2D eigenvalue weighted by molar-refractivity contribution is 0.0916. The molecular formula is C28H22F2N4O2. The number of nitrogens with one attached hydrogen (secondary N) is 2. The first-order valence-corrected chi connectivity index (χ1v) is 11.4. The SMILES string of the molecule is O=C(N[C@@H](CO)Cc1nccc2ccccc12)c1cccc(F)c1-c1cc(-c2ccc(F)cc2)n[nH]1. The van der Waals surface area contributed by atoms with Gasteiger partial charge in [0.1, 0.15) is 11.6 Å². The van der Waals surface area contributed by atoms with E-state index in [1.165, 1.54) is 30.3 Å². The van der Waals surface area contributed by atoms with Gasteiger partial charge in [-0.2, -0.15) is 5.10 Å². The molecule has 3 N–H and O–H groups in total. The highest BCUT2D eigenvalue weighted by Gasteiger charge is 2.22. The molecule has 36 heavy (non-hydrogen) atoms. The minimum absolute atomic E-state index is 0.0517. The van der Waals surface area contributed by atoms with Crippen LogP contribution in [0.15, 0.2) is 85.1 Å². The van der Waals surface area contributed by atoms with E-state index in [2.05, 4.69) is 20.5 Å². The standard InChI is InChI=1S/C28H22F2N4O2/c29-19-10-8-18(9-11-19)24-15-26(34-33-24)27-22(6-3-7-23(27)30)28(36)32-20(16-35)14-25-21-5-2-1-4-17(21)12-13-31-25/h1-13,15,20,35H,14,16H2,(H,32,36)(H,33,34)/t20-/m1/s1. The first-order chi connectivity index (χ1) is 17.5. The maximum atomic E-state index is 15.0. The van der Waals surface area contributed by atoms with Gasteiger partial charge >= 0.3 is 0 Å². The molecule has 0 aliphatic heterocycles. The number of fused-ring (bicyclic) bond motifs is 1. The molecule has 0 spiro atoms. The van der Waals surface area contributed by atoms with Crippen LogP contribution in [0, 0.1) is 11.6 Å². The fourth-order valence-electron chi connectivity index (χ4n) is 4.21. The Balaban J connectivity index is 1.41. The van der Waals surface area contributed by atoms with Gasteiger partial charge in [0.05, 0.1) is 35.3 Å². The number of halogens is 2. The van der Waals surface area contributed by atoms with Crippen molar-refractivity contribution in [1.82, 2.24) is 20.5 Å². The molecule has 5 rings (SSSR count). The normalized spacial score (nSPS) is 12.0. The van der Waals surface area contributed by atoms with Crippen molar-refractivity contribution in [2.45, 2.75) is 12.5 Å². The summed E-state index contributed by atoms with van der Waals surface area (Å²) in [5, 5.41) is 21.7. The van der Waals surface area contributed by atoms with Crippen molar-refractivity contribution in [1.29, 1.82) is 0 Å². The topological polar surface area (TPSA) is 90.9 Å². The first-order valence-electron chi connectivity index (χ1n) is 11.4. The molecule has 1 atom stereocenters. The Kier molecular flexibility index (Phi) is 6.51. The molecule has 180 valence electrons. The number of benzene rings is 3. The number of aliphatic hydroxyl groups is 1. The van der Waals surface area contributed by atoms with Crippen LogP contribution in [-0.4, -0.2) is 38.8 Å². The maximum Gasteiger partial charge on any atom is 0.252 e. The van der Waals surface area contributed by atoms with Crippen LogP contribution < -0.4 is 5.32 Å². The van der Waals surface area contributed by atoms with Gasteiger partial charge in [0.2, 0.25) is 0 Å². The van der Waals surface area contributed by atoms with Gasteiger partial charge in [0.15, 0.2) is 0 Å². The molecule has 0 fully saturated rings. The Labute approximate surface area is 205 Å². The summed E-state index contributed by atoms with van der Waals surface area (Å²) in [4.78, 5) is 17.7. The Morgan fingerprint density at radius 2 is 1.81 bits per heavy atom. The van der Waals surface area contributed by atoms with E-state index in [0.717, 1.165) is 16.5 Å². The van der Waals surface area contributed by atoms with Gasteiger partial charge in [-0.3, -0.25) is 14.9 Å². The van der Waals surface area contributed by atoms with Crippen LogP contribution in [-0.2, 0) is 6.42 Å². The molecule has 0 aliphatic carbocycles. The number of carbonyl (C=O) groups is 1. The van der Waals surface area contributed by atoms with Crippen LogP contribution in [0.5, 0.6) is 0 Å². The molecule has 2 heterocycles. The molecule has 1 amide bonds. The zero-order valence-electron chi connectivity index (χ0n) is 19.1. The van der Waals surface area contributed by atoms with E-state index in [0.29, 0.717) is 23.4 Å². The average molecular weight is 485 g/mol. The Hall–Kier alpha value is -4.43. The third-order valence-electron chi connectivity index (χ3n) is 6.00. The molecule has 0 aliphatic rings. The number of hydrogen-bond acceptors (Lipinski definition) is 4. The second-order valence-corrected chi connectivity index (χ2v) is 8.37. The lowest BCUT2D eigenvalue weighted by Gasteiger charge is -2.18. The quantitative estimate of drug-likeness (QED) is 0.306. The maximum absolute atomic E-state index is 15.0. The summed E-state index contributed by atoms with van der Waals surface area (Å²) >= 11 is 0. The molecule has 2 aromatic heterocycles. The molecule has 3 aromatic carbocycles. The molecule has 0 unspecified atom stereocenters. The second kappa shape index (κ2) is 10.1. The van der Waals surface area contributed by atoms with E-state index in [1.807, 2.05) is 30.3 Å². The van der Waals surface area contributed by atoms with Gasteiger partial charge in [0, 0.05) is 29.1 Å². The number of aliphatic hydroxyl groups excluding tert-OH is 1. The predicted octanol–water partition coefficient (Wildman–Crippen LogP) is 4.90. The molecule has 0 radical (unpaired) electrons. The number of aromatic amines is 1. The number of pyridine rings is 1. The zero-order chi connectivity index (χ0) is 25.1. The lowest BCUT2D eigenvalue weighted by atomic mass is 10.0. The van der Waals surface area contributed by atoms with Gasteiger partial charge < -0.3 is 10.4 Å². The molecule has 6 nitrogen and oxygen atoms in total. The minimum Gasteiger partial charge on any atom is -0.394 e. The fraction of sp³-hybridized carbons (Fsp3) is 0.107. The van der Waals surface area contributed by atoms with Crippen LogP contribution in [0.4, 0.5) is 8.78 Å². The highest BCUT2D eigenvalue weighted by molar-refractivity contribution is 6.01. The molecule has 0 saturated carbocycles. The van der Waals surface area contributed by atoms with E-state index in [-0.39, 0.29) is 23.6 Å². The summed E-state index contributed by atoms with van der Waals surface area (Å²) in [5.74, 6) is -1.52. The van der Waals surface area contributed by atoms with Gasteiger partial charge in [-0.15, -0.1) is 0 Å². The van der Waals surface area contributed by atoms with Gasteiger partial charge in [-0.25, -0.2) is 8.78 Å². The predicted molar refractivity (Wildman–Crippen MR) is 133 cm³/mol. The Morgan fingerprint density at radius 3 is 2.61 bits per heavy atom. The van der Waals surface area contributed by atoms with E-state index in [1.54, 1.807) is 24.4 Å².